The van der Waals surface area contributed by atoms with Crippen LogP contribution in [-0.4, -0.2) is 74.1 Å². The number of rotatable bonds is 12. The molecule has 0 spiro atoms. The summed E-state index contributed by atoms with van der Waals surface area (Å²) in [5.74, 6) is -0.182. The van der Waals surface area contributed by atoms with Crippen molar-refractivity contribution in [3.8, 4) is 0 Å². The standard InChI is InChI=1S/C9H20O4.C6H12O2.C4H10O/c1-7(11)5-12-9(3)6-13-8(2)4-10;1-3-4-5-8-6(2)7;1-3-5-4-2/h7-11H,4-6H2,1-3H3;3-5H2,1-2H3;3-4H2,1-2H3. The lowest BCUT2D eigenvalue weighted by atomic mass is 10.4. The lowest BCUT2D eigenvalue weighted by Crippen LogP contribution is -2.24. The van der Waals surface area contributed by atoms with Gasteiger partial charge >= 0.3 is 5.97 Å². The molecule has 0 saturated carbocycles. The van der Waals surface area contributed by atoms with Gasteiger partial charge in [-0.05, 0) is 41.0 Å². The Kier molecular flexibility index (Phi) is 28.0. The Morgan fingerprint density at radius 2 is 1.50 bits per heavy atom. The SMILES string of the molecule is CC(O)COC(C)COC(C)CO.CCCCOC(C)=O.CCOCC. The molecule has 0 amide bonds. The predicted octanol–water partition coefficient (Wildman–Crippen LogP) is 2.56. The monoisotopic (exact) mass is 382 g/mol. The number of esters is 1. The largest absolute Gasteiger partial charge is 0.466 e. The van der Waals surface area contributed by atoms with E-state index in [0.29, 0.717) is 19.8 Å². The first-order valence-corrected chi connectivity index (χ1v) is 9.48. The second-order valence-corrected chi connectivity index (χ2v) is 5.79. The van der Waals surface area contributed by atoms with E-state index >= 15 is 0 Å². The van der Waals surface area contributed by atoms with Gasteiger partial charge in [0.05, 0.1) is 44.7 Å². The fraction of sp³-hybridized carbons (Fsp3) is 0.947. The summed E-state index contributed by atoms with van der Waals surface area (Å²) in [6, 6.07) is 0. The van der Waals surface area contributed by atoms with E-state index < -0.39 is 6.10 Å². The minimum absolute atomic E-state index is 0.0170. The van der Waals surface area contributed by atoms with Gasteiger partial charge in [0.1, 0.15) is 0 Å². The summed E-state index contributed by atoms with van der Waals surface area (Å²) in [6.07, 6.45) is 1.39. The highest BCUT2D eigenvalue weighted by molar-refractivity contribution is 5.65. The molecule has 0 fully saturated rings. The quantitative estimate of drug-likeness (QED) is 0.396. The van der Waals surface area contributed by atoms with Gasteiger partial charge in [-0.15, -0.1) is 0 Å². The lowest BCUT2D eigenvalue weighted by Gasteiger charge is -2.16. The predicted molar refractivity (Wildman–Crippen MR) is 103 cm³/mol. The van der Waals surface area contributed by atoms with Crippen molar-refractivity contribution in [2.24, 2.45) is 0 Å². The molecule has 0 aliphatic heterocycles. The van der Waals surface area contributed by atoms with Gasteiger partial charge in [0, 0.05) is 20.1 Å². The van der Waals surface area contributed by atoms with Crippen LogP contribution in [0, 0.1) is 0 Å². The van der Waals surface area contributed by atoms with Gasteiger partial charge in [0.2, 0.25) is 0 Å². The van der Waals surface area contributed by atoms with Crippen LogP contribution in [0.5, 0.6) is 0 Å². The van der Waals surface area contributed by atoms with Crippen LogP contribution >= 0.6 is 0 Å². The highest BCUT2D eigenvalue weighted by Gasteiger charge is 2.07. The minimum atomic E-state index is -0.447. The highest BCUT2D eigenvalue weighted by Crippen LogP contribution is 1.97. The molecule has 0 aliphatic carbocycles. The summed E-state index contributed by atoms with van der Waals surface area (Å²) >= 11 is 0. The number of ether oxygens (including phenoxy) is 4. The molecular formula is C19H42O7. The second-order valence-electron chi connectivity index (χ2n) is 5.79. The summed E-state index contributed by atoms with van der Waals surface area (Å²) in [4.78, 5) is 10.1. The van der Waals surface area contributed by atoms with Crippen molar-refractivity contribution in [3.05, 3.63) is 0 Å². The molecule has 0 aromatic carbocycles. The van der Waals surface area contributed by atoms with Crippen molar-refractivity contribution in [2.75, 3.05) is 39.6 Å². The summed E-state index contributed by atoms with van der Waals surface area (Å²) in [7, 11) is 0. The van der Waals surface area contributed by atoms with Crippen LogP contribution in [-0.2, 0) is 23.7 Å². The maximum Gasteiger partial charge on any atom is 0.302 e. The molecule has 0 saturated heterocycles. The van der Waals surface area contributed by atoms with E-state index in [9.17, 15) is 4.79 Å². The molecule has 3 unspecified atom stereocenters. The van der Waals surface area contributed by atoms with E-state index in [-0.39, 0.29) is 24.8 Å². The molecule has 3 atom stereocenters. The van der Waals surface area contributed by atoms with Gasteiger partial charge in [-0.3, -0.25) is 4.79 Å². The third-order valence-electron chi connectivity index (χ3n) is 2.71. The highest BCUT2D eigenvalue weighted by atomic mass is 16.5. The molecule has 160 valence electrons. The Bertz CT molecular complexity index is 271. The minimum Gasteiger partial charge on any atom is -0.466 e. The van der Waals surface area contributed by atoms with Crippen molar-refractivity contribution in [3.63, 3.8) is 0 Å². The summed E-state index contributed by atoms with van der Waals surface area (Å²) in [6.45, 7) is 15.8. The molecule has 0 bridgehead atoms. The van der Waals surface area contributed by atoms with Crippen LogP contribution in [0.15, 0.2) is 0 Å². The average molecular weight is 383 g/mol. The Morgan fingerprint density at radius 3 is 1.85 bits per heavy atom. The molecule has 0 aromatic rings. The number of carbonyl (C=O) groups excluding carboxylic acids is 1. The zero-order valence-corrected chi connectivity index (χ0v) is 17.8. The summed E-state index contributed by atoms with van der Waals surface area (Å²) < 4.78 is 19.9. The second kappa shape index (κ2) is 24.3. The average Bonchev–Trinajstić information content (AvgIpc) is 2.59. The van der Waals surface area contributed by atoms with E-state index in [1.54, 1.807) is 13.8 Å². The van der Waals surface area contributed by atoms with E-state index in [0.717, 1.165) is 26.1 Å². The molecule has 7 heteroatoms. The van der Waals surface area contributed by atoms with Crippen LogP contribution in [0.4, 0.5) is 0 Å². The number of aliphatic hydroxyl groups is 2. The first-order valence-electron chi connectivity index (χ1n) is 9.48. The fourth-order valence-electron chi connectivity index (χ4n) is 1.27. The van der Waals surface area contributed by atoms with Gasteiger partial charge in [-0.25, -0.2) is 0 Å². The topological polar surface area (TPSA) is 94.5 Å². The molecule has 0 rings (SSSR count). The fourth-order valence-corrected chi connectivity index (χ4v) is 1.27. The first kappa shape index (κ1) is 30.0. The third kappa shape index (κ3) is 34.6. The van der Waals surface area contributed by atoms with E-state index in [4.69, 9.17) is 24.4 Å². The third-order valence-corrected chi connectivity index (χ3v) is 2.71. The molecule has 0 aromatic heterocycles. The Hall–Kier alpha value is -0.730. The molecule has 0 radical (unpaired) electrons. The molecule has 0 aliphatic rings. The van der Waals surface area contributed by atoms with Crippen molar-refractivity contribution in [1.29, 1.82) is 0 Å². The Labute approximate surface area is 160 Å². The van der Waals surface area contributed by atoms with Crippen LogP contribution in [0.1, 0.15) is 61.3 Å². The van der Waals surface area contributed by atoms with Crippen molar-refractivity contribution in [1.82, 2.24) is 0 Å². The normalized spacial score (nSPS) is 13.4. The maximum absolute atomic E-state index is 10.1. The smallest absolute Gasteiger partial charge is 0.302 e. The Morgan fingerprint density at radius 1 is 0.962 bits per heavy atom. The zero-order chi connectivity index (χ0) is 20.8. The van der Waals surface area contributed by atoms with Crippen LogP contribution in [0.3, 0.4) is 0 Å². The first-order chi connectivity index (χ1) is 12.2. The van der Waals surface area contributed by atoms with E-state index in [1.807, 2.05) is 20.8 Å². The van der Waals surface area contributed by atoms with Crippen LogP contribution in [0.25, 0.3) is 0 Å². The van der Waals surface area contributed by atoms with E-state index in [2.05, 4.69) is 11.7 Å². The van der Waals surface area contributed by atoms with Gasteiger partial charge in [-0.2, -0.15) is 0 Å². The van der Waals surface area contributed by atoms with Gasteiger partial charge in [-0.1, -0.05) is 13.3 Å². The molecule has 0 heterocycles. The number of carbonyl (C=O) groups is 1. The molecule has 7 nitrogen and oxygen atoms in total. The number of hydrogen-bond donors (Lipinski definition) is 2. The zero-order valence-electron chi connectivity index (χ0n) is 17.8. The van der Waals surface area contributed by atoms with Crippen molar-refractivity contribution in [2.45, 2.75) is 79.6 Å². The number of aliphatic hydroxyl groups excluding tert-OH is 2. The molecule has 2 N–H and O–H groups in total. The van der Waals surface area contributed by atoms with Crippen LogP contribution in [0.2, 0.25) is 0 Å². The number of unbranched alkanes of at least 4 members (excludes halogenated alkanes) is 1. The lowest BCUT2D eigenvalue weighted by molar-refractivity contribution is -0.141. The van der Waals surface area contributed by atoms with Gasteiger partial charge in [0.25, 0.3) is 0 Å². The van der Waals surface area contributed by atoms with Crippen molar-refractivity contribution < 1.29 is 34.0 Å². The molecule has 26 heavy (non-hydrogen) atoms. The number of hydrogen-bond acceptors (Lipinski definition) is 7. The van der Waals surface area contributed by atoms with Gasteiger partial charge < -0.3 is 29.2 Å². The summed E-state index contributed by atoms with van der Waals surface area (Å²) in [5, 5.41) is 17.6. The van der Waals surface area contributed by atoms with Crippen molar-refractivity contribution >= 4 is 5.97 Å². The Balaban J connectivity index is -0.000000346. The molecular weight excluding hydrogens is 340 g/mol. The van der Waals surface area contributed by atoms with E-state index in [1.165, 1.54) is 6.92 Å². The van der Waals surface area contributed by atoms with Crippen LogP contribution < -0.4 is 0 Å². The van der Waals surface area contributed by atoms with Gasteiger partial charge in [0.15, 0.2) is 0 Å². The maximum atomic E-state index is 10.1. The summed E-state index contributed by atoms with van der Waals surface area (Å²) in [5.41, 5.74) is 0.